The molecule has 0 radical (unpaired) electrons. The molecule has 0 spiro atoms. The normalized spacial score (nSPS) is 17.1. The molecule has 1 aliphatic rings. The van der Waals surface area contributed by atoms with Gasteiger partial charge in [-0.05, 0) is 13.3 Å². The predicted molar refractivity (Wildman–Crippen MR) is 77.0 cm³/mol. The highest BCUT2D eigenvalue weighted by atomic mass is 16.5. The van der Waals surface area contributed by atoms with Crippen LogP contribution in [0.1, 0.15) is 26.1 Å². The second-order valence-corrected chi connectivity index (χ2v) is 4.95. The maximum atomic E-state index is 9.34. The van der Waals surface area contributed by atoms with E-state index in [2.05, 4.69) is 32.1 Å². The van der Waals surface area contributed by atoms with Gasteiger partial charge in [-0.2, -0.15) is 15.0 Å². The van der Waals surface area contributed by atoms with E-state index in [1.165, 1.54) is 0 Å². The minimum absolute atomic E-state index is 0.429. The summed E-state index contributed by atoms with van der Waals surface area (Å²) in [6, 6.07) is 0. The molecule has 1 aromatic rings. The molecule has 1 fully saturated rings. The van der Waals surface area contributed by atoms with Crippen LogP contribution in [0.3, 0.4) is 0 Å². The first-order valence-corrected chi connectivity index (χ1v) is 7.18. The first-order chi connectivity index (χ1) is 9.69. The molecule has 2 heterocycles. The minimum Gasteiger partial charge on any atom is -0.392 e. The van der Waals surface area contributed by atoms with Crippen molar-refractivity contribution in [3.63, 3.8) is 0 Å². The van der Waals surface area contributed by atoms with E-state index in [9.17, 15) is 5.11 Å². The van der Waals surface area contributed by atoms with Gasteiger partial charge in [-0.15, -0.1) is 0 Å². The lowest BCUT2D eigenvalue weighted by Gasteiger charge is -2.27. The van der Waals surface area contributed by atoms with E-state index in [0.29, 0.717) is 31.7 Å². The van der Waals surface area contributed by atoms with Crippen molar-refractivity contribution in [2.75, 3.05) is 43.1 Å². The SMILES string of the molecule is CCCc1nc(NC[C@H](C)O)nc(N2CCOCC2)n1. The largest absolute Gasteiger partial charge is 0.392 e. The number of hydrogen-bond acceptors (Lipinski definition) is 7. The highest BCUT2D eigenvalue weighted by molar-refractivity contribution is 5.37. The summed E-state index contributed by atoms with van der Waals surface area (Å²) in [5.41, 5.74) is 0. The van der Waals surface area contributed by atoms with Gasteiger partial charge in [0.15, 0.2) is 0 Å². The number of nitrogens with zero attached hydrogens (tertiary/aromatic N) is 4. The van der Waals surface area contributed by atoms with Crippen LogP contribution in [0, 0.1) is 0 Å². The van der Waals surface area contributed by atoms with Crippen molar-refractivity contribution in [3.8, 4) is 0 Å². The summed E-state index contributed by atoms with van der Waals surface area (Å²) in [6.07, 6.45) is 1.37. The van der Waals surface area contributed by atoms with Gasteiger partial charge in [-0.1, -0.05) is 6.92 Å². The third kappa shape index (κ3) is 4.28. The van der Waals surface area contributed by atoms with E-state index in [1.54, 1.807) is 6.92 Å². The average Bonchev–Trinajstić information content (AvgIpc) is 2.46. The number of aryl methyl sites for hydroxylation is 1. The van der Waals surface area contributed by atoms with Crippen molar-refractivity contribution < 1.29 is 9.84 Å². The Labute approximate surface area is 119 Å². The van der Waals surface area contributed by atoms with E-state index in [-0.39, 0.29) is 0 Å². The van der Waals surface area contributed by atoms with E-state index in [1.807, 2.05) is 0 Å². The molecule has 2 rings (SSSR count). The van der Waals surface area contributed by atoms with Gasteiger partial charge >= 0.3 is 0 Å². The minimum atomic E-state index is -0.437. The van der Waals surface area contributed by atoms with Crippen molar-refractivity contribution >= 4 is 11.9 Å². The molecule has 0 aliphatic carbocycles. The second kappa shape index (κ2) is 7.35. The fourth-order valence-corrected chi connectivity index (χ4v) is 1.97. The van der Waals surface area contributed by atoms with Crippen LogP contribution in [0.25, 0.3) is 0 Å². The van der Waals surface area contributed by atoms with Gasteiger partial charge < -0.3 is 20.1 Å². The van der Waals surface area contributed by atoms with Gasteiger partial charge in [0.1, 0.15) is 5.82 Å². The number of aliphatic hydroxyl groups is 1. The number of hydrogen-bond donors (Lipinski definition) is 2. The van der Waals surface area contributed by atoms with Crippen LogP contribution in [0.15, 0.2) is 0 Å². The molecule has 0 aromatic carbocycles. The van der Waals surface area contributed by atoms with E-state index in [0.717, 1.165) is 31.8 Å². The summed E-state index contributed by atoms with van der Waals surface area (Å²) < 4.78 is 5.35. The van der Waals surface area contributed by atoms with Crippen LogP contribution >= 0.6 is 0 Å². The van der Waals surface area contributed by atoms with Crippen LogP contribution < -0.4 is 10.2 Å². The molecule has 20 heavy (non-hydrogen) atoms. The smallest absolute Gasteiger partial charge is 0.230 e. The van der Waals surface area contributed by atoms with Crippen molar-refractivity contribution in [2.24, 2.45) is 0 Å². The first kappa shape index (κ1) is 14.9. The fourth-order valence-electron chi connectivity index (χ4n) is 1.97. The second-order valence-electron chi connectivity index (χ2n) is 4.95. The Morgan fingerprint density at radius 1 is 1.30 bits per heavy atom. The van der Waals surface area contributed by atoms with Crippen molar-refractivity contribution in [1.82, 2.24) is 15.0 Å². The van der Waals surface area contributed by atoms with Crippen molar-refractivity contribution in [3.05, 3.63) is 5.82 Å². The third-order valence-corrected chi connectivity index (χ3v) is 2.99. The van der Waals surface area contributed by atoms with Crippen LogP contribution in [0.4, 0.5) is 11.9 Å². The molecule has 0 unspecified atom stereocenters. The van der Waals surface area contributed by atoms with Crippen molar-refractivity contribution in [1.29, 1.82) is 0 Å². The Hall–Kier alpha value is -1.47. The highest BCUT2D eigenvalue weighted by Gasteiger charge is 2.16. The Bertz CT molecular complexity index is 421. The Morgan fingerprint density at radius 3 is 2.70 bits per heavy atom. The maximum absolute atomic E-state index is 9.34. The summed E-state index contributed by atoms with van der Waals surface area (Å²) in [7, 11) is 0. The zero-order chi connectivity index (χ0) is 14.4. The number of morpholine rings is 1. The molecular weight excluding hydrogens is 258 g/mol. The standard InChI is InChI=1S/C13H23N5O2/c1-3-4-11-15-12(14-9-10(2)19)17-13(16-11)18-5-7-20-8-6-18/h10,19H,3-9H2,1-2H3,(H,14,15,16,17)/t10-/m0/s1. The summed E-state index contributed by atoms with van der Waals surface area (Å²) in [4.78, 5) is 15.5. The van der Waals surface area contributed by atoms with E-state index in [4.69, 9.17) is 4.74 Å². The molecule has 0 bridgehead atoms. The molecule has 0 amide bonds. The van der Waals surface area contributed by atoms with Crippen LogP contribution in [0.5, 0.6) is 0 Å². The van der Waals surface area contributed by atoms with E-state index >= 15 is 0 Å². The molecule has 1 atom stereocenters. The fraction of sp³-hybridized carbons (Fsp3) is 0.769. The van der Waals surface area contributed by atoms with Crippen molar-refractivity contribution in [2.45, 2.75) is 32.8 Å². The van der Waals surface area contributed by atoms with Gasteiger partial charge in [0.05, 0.1) is 19.3 Å². The number of anilines is 2. The van der Waals surface area contributed by atoms with Crippen LogP contribution in [0.2, 0.25) is 0 Å². The van der Waals surface area contributed by atoms with Gasteiger partial charge in [0.25, 0.3) is 0 Å². The van der Waals surface area contributed by atoms with Crippen LogP contribution in [-0.4, -0.2) is 59.0 Å². The summed E-state index contributed by atoms with van der Waals surface area (Å²) in [6.45, 7) is 7.25. The van der Waals surface area contributed by atoms with Gasteiger partial charge in [-0.25, -0.2) is 0 Å². The number of aromatic nitrogens is 3. The molecule has 1 saturated heterocycles. The monoisotopic (exact) mass is 281 g/mol. The third-order valence-electron chi connectivity index (χ3n) is 2.99. The predicted octanol–water partition coefficient (Wildman–Crippen LogP) is 0.453. The zero-order valence-corrected chi connectivity index (χ0v) is 12.2. The number of nitrogens with one attached hydrogen (secondary N) is 1. The molecule has 0 saturated carbocycles. The summed E-state index contributed by atoms with van der Waals surface area (Å²) in [5.74, 6) is 2.02. The Kier molecular flexibility index (Phi) is 5.49. The number of aliphatic hydroxyl groups excluding tert-OH is 1. The number of rotatable bonds is 6. The first-order valence-electron chi connectivity index (χ1n) is 7.18. The molecule has 7 nitrogen and oxygen atoms in total. The zero-order valence-electron chi connectivity index (χ0n) is 12.2. The lowest BCUT2D eigenvalue weighted by atomic mass is 10.3. The van der Waals surface area contributed by atoms with Gasteiger partial charge in [0, 0.05) is 26.1 Å². The van der Waals surface area contributed by atoms with Gasteiger partial charge in [0.2, 0.25) is 11.9 Å². The Morgan fingerprint density at radius 2 is 2.05 bits per heavy atom. The lowest BCUT2D eigenvalue weighted by molar-refractivity contribution is 0.122. The Balaban J connectivity index is 2.15. The maximum Gasteiger partial charge on any atom is 0.230 e. The quantitative estimate of drug-likeness (QED) is 0.783. The molecule has 1 aromatic heterocycles. The molecule has 112 valence electrons. The summed E-state index contributed by atoms with van der Waals surface area (Å²) in [5, 5.41) is 12.4. The average molecular weight is 281 g/mol. The molecular formula is C13H23N5O2. The topological polar surface area (TPSA) is 83.4 Å². The summed E-state index contributed by atoms with van der Waals surface area (Å²) >= 11 is 0. The van der Waals surface area contributed by atoms with Gasteiger partial charge in [-0.3, -0.25) is 0 Å². The van der Waals surface area contributed by atoms with Crippen LogP contribution in [-0.2, 0) is 11.2 Å². The number of ether oxygens (including phenoxy) is 1. The van der Waals surface area contributed by atoms with E-state index < -0.39 is 6.10 Å². The molecule has 2 N–H and O–H groups in total. The highest BCUT2D eigenvalue weighted by Crippen LogP contribution is 2.13. The molecule has 1 aliphatic heterocycles. The lowest BCUT2D eigenvalue weighted by Crippen LogP contribution is -2.37. The molecule has 7 heteroatoms.